The van der Waals surface area contributed by atoms with Crippen molar-refractivity contribution in [1.29, 1.82) is 0 Å². The van der Waals surface area contributed by atoms with Gasteiger partial charge < -0.3 is 9.64 Å². The average molecular weight is 381 g/mol. The van der Waals surface area contributed by atoms with Crippen LogP contribution < -0.4 is 4.74 Å². The van der Waals surface area contributed by atoms with E-state index in [1.807, 2.05) is 6.07 Å². The first-order chi connectivity index (χ1) is 10.6. The number of halogens is 3. The largest absolute Gasteiger partial charge is 0.494 e. The maximum absolute atomic E-state index is 5.98. The summed E-state index contributed by atoms with van der Waals surface area (Å²) < 4.78 is 5.76. The quantitative estimate of drug-likeness (QED) is 0.541. The lowest BCUT2D eigenvalue weighted by Gasteiger charge is -2.26. The van der Waals surface area contributed by atoms with Crippen LogP contribution in [-0.2, 0) is 0 Å². The van der Waals surface area contributed by atoms with Crippen LogP contribution in [0.1, 0.15) is 45.4 Å². The maximum atomic E-state index is 5.98. The zero-order valence-corrected chi connectivity index (χ0v) is 16.2. The molecular weight excluding hydrogens is 353 g/mol. The number of hydrogen-bond donors (Lipinski definition) is 0. The van der Waals surface area contributed by atoms with Crippen molar-refractivity contribution in [3.05, 3.63) is 28.2 Å². The van der Waals surface area contributed by atoms with E-state index in [0.29, 0.717) is 16.0 Å². The lowest BCUT2D eigenvalue weighted by Crippen LogP contribution is -2.30. The normalized spacial score (nSPS) is 16.7. The fourth-order valence-corrected chi connectivity index (χ4v) is 3.22. The Morgan fingerprint density at radius 2 is 1.83 bits per heavy atom. The molecule has 1 unspecified atom stereocenters. The first kappa shape index (κ1) is 20.9. The Labute approximate surface area is 156 Å². The summed E-state index contributed by atoms with van der Waals surface area (Å²) in [6, 6.07) is 5.43. The van der Waals surface area contributed by atoms with Crippen molar-refractivity contribution in [2.75, 3.05) is 26.2 Å². The first-order valence-electron chi connectivity index (χ1n) is 8.45. The summed E-state index contributed by atoms with van der Waals surface area (Å²) in [7, 11) is 0. The Hall–Kier alpha value is -0.150. The van der Waals surface area contributed by atoms with Crippen LogP contribution in [0.5, 0.6) is 5.75 Å². The van der Waals surface area contributed by atoms with Gasteiger partial charge >= 0.3 is 0 Å². The molecule has 0 amide bonds. The lowest BCUT2D eigenvalue weighted by atomic mass is 10.0. The molecule has 0 aromatic heterocycles. The van der Waals surface area contributed by atoms with Gasteiger partial charge in [0.15, 0.2) is 0 Å². The summed E-state index contributed by atoms with van der Waals surface area (Å²) >= 11 is 11.9. The summed E-state index contributed by atoms with van der Waals surface area (Å²) in [5.74, 6) is 1.50. The van der Waals surface area contributed by atoms with Crippen LogP contribution in [0.3, 0.4) is 0 Å². The number of ether oxygens (including phenoxy) is 1. The highest BCUT2D eigenvalue weighted by molar-refractivity contribution is 6.42. The molecule has 2 rings (SSSR count). The van der Waals surface area contributed by atoms with Crippen molar-refractivity contribution < 1.29 is 4.74 Å². The summed E-state index contributed by atoms with van der Waals surface area (Å²) in [6.07, 6.45) is 7.84. The topological polar surface area (TPSA) is 12.5 Å². The third kappa shape index (κ3) is 7.98. The maximum Gasteiger partial charge on any atom is 0.120 e. The molecule has 1 aliphatic heterocycles. The fraction of sp³-hybridized carbons (Fsp3) is 0.667. The van der Waals surface area contributed by atoms with E-state index in [-0.39, 0.29) is 12.4 Å². The van der Waals surface area contributed by atoms with Crippen LogP contribution in [0.15, 0.2) is 18.2 Å². The monoisotopic (exact) mass is 379 g/mol. The van der Waals surface area contributed by atoms with Crippen LogP contribution in [-0.4, -0.2) is 31.1 Å². The van der Waals surface area contributed by atoms with Crippen molar-refractivity contribution in [3.63, 3.8) is 0 Å². The van der Waals surface area contributed by atoms with E-state index in [4.69, 9.17) is 27.9 Å². The zero-order valence-electron chi connectivity index (χ0n) is 13.9. The zero-order chi connectivity index (χ0) is 15.8. The van der Waals surface area contributed by atoms with Crippen LogP contribution in [0.2, 0.25) is 10.0 Å². The van der Waals surface area contributed by atoms with Crippen molar-refractivity contribution in [1.82, 2.24) is 4.90 Å². The van der Waals surface area contributed by atoms with Gasteiger partial charge in [0, 0.05) is 6.07 Å². The molecule has 1 aliphatic rings. The average Bonchev–Trinajstić information content (AvgIpc) is 2.52. The van der Waals surface area contributed by atoms with E-state index in [1.165, 1.54) is 51.7 Å². The molecule has 0 saturated carbocycles. The molecule has 1 aromatic rings. The summed E-state index contributed by atoms with van der Waals surface area (Å²) in [5.41, 5.74) is 0. The van der Waals surface area contributed by atoms with Crippen LogP contribution in [0.4, 0.5) is 0 Å². The fourth-order valence-electron chi connectivity index (χ4n) is 2.94. The second-order valence-electron chi connectivity index (χ2n) is 6.36. The predicted octanol–water partition coefficient (Wildman–Crippen LogP) is 6.09. The molecule has 1 fully saturated rings. The van der Waals surface area contributed by atoms with Gasteiger partial charge in [-0.25, -0.2) is 0 Å². The van der Waals surface area contributed by atoms with Gasteiger partial charge in [-0.15, -0.1) is 12.4 Å². The Morgan fingerprint density at radius 1 is 1.09 bits per heavy atom. The van der Waals surface area contributed by atoms with E-state index in [9.17, 15) is 0 Å². The minimum atomic E-state index is 0. The van der Waals surface area contributed by atoms with Gasteiger partial charge in [0.1, 0.15) is 5.75 Å². The number of rotatable bonds is 8. The SMILES string of the molecule is CC(CCCN1CCCCC1)CCOc1ccc(Cl)c(Cl)c1.Cl. The molecule has 0 bridgehead atoms. The molecule has 1 saturated heterocycles. The van der Waals surface area contributed by atoms with Crippen molar-refractivity contribution in [2.45, 2.75) is 45.4 Å². The smallest absolute Gasteiger partial charge is 0.120 e. The molecule has 132 valence electrons. The molecule has 1 aromatic carbocycles. The predicted molar refractivity (Wildman–Crippen MR) is 103 cm³/mol. The van der Waals surface area contributed by atoms with E-state index >= 15 is 0 Å². The van der Waals surface area contributed by atoms with Crippen molar-refractivity contribution >= 4 is 35.6 Å². The van der Waals surface area contributed by atoms with Gasteiger partial charge in [-0.05, 0) is 69.8 Å². The van der Waals surface area contributed by atoms with Crippen LogP contribution in [0.25, 0.3) is 0 Å². The molecule has 23 heavy (non-hydrogen) atoms. The third-order valence-corrected chi connectivity index (χ3v) is 5.13. The van der Waals surface area contributed by atoms with E-state index in [0.717, 1.165) is 18.8 Å². The van der Waals surface area contributed by atoms with E-state index < -0.39 is 0 Å². The molecule has 5 heteroatoms. The highest BCUT2D eigenvalue weighted by Gasteiger charge is 2.10. The molecule has 0 N–H and O–H groups in total. The number of nitrogens with zero attached hydrogens (tertiary/aromatic N) is 1. The minimum absolute atomic E-state index is 0. The second-order valence-corrected chi connectivity index (χ2v) is 7.18. The molecule has 0 spiro atoms. The van der Waals surface area contributed by atoms with E-state index in [1.54, 1.807) is 12.1 Å². The highest BCUT2D eigenvalue weighted by atomic mass is 35.5. The number of likely N-dealkylation sites (tertiary alicyclic amines) is 1. The van der Waals surface area contributed by atoms with Gasteiger partial charge in [0.2, 0.25) is 0 Å². The second kappa shape index (κ2) is 11.4. The standard InChI is InChI=1S/C18H27Cl2NO.ClH/c1-15(6-5-12-21-10-3-2-4-11-21)9-13-22-16-7-8-17(19)18(20)14-16;/h7-8,14-15H,2-6,9-13H2,1H3;1H. The highest BCUT2D eigenvalue weighted by Crippen LogP contribution is 2.26. The Balaban J connectivity index is 0.00000264. The molecule has 0 radical (unpaired) electrons. The summed E-state index contributed by atoms with van der Waals surface area (Å²) in [4.78, 5) is 2.61. The summed E-state index contributed by atoms with van der Waals surface area (Å²) in [6.45, 7) is 6.92. The molecule has 1 heterocycles. The molecule has 1 atom stereocenters. The molecule has 2 nitrogen and oxygen atoms in total. The summed E-state index contributed by atoms with van der Waals surface area (Å²) in [5, 5.41) is 1.12. The Morgan fingerprint density at radius 3 is 2.52 bits per heavy atom. The van der Waals surface area contributed by atoms with Crippen molar-refractivity contribution in [3.8, 4) is 5.75 Å². The molecule has 0 aliphatic carbocycles. The van der Waals surface area contributed by atoms with Gasteiger partial charge in [0.25, 0.3) is 0 Å². The third-order valence-electron chi connectivity index (χ3n) is 4.39. The first-order valence-corrected chi connectivity index (χ1v) is 9.21. The van der Waals surface area contributed by atoms with Gasteiger partial charge in [-0.3, -0.25) is 0 Å². The number of benzene rings is 1. The number of piperidine rings is 1. The van der Waals surface area contributed by atoms with Gasteiger partial charge in [-0.2, -0.15) is 0 Å². The minimum Gasteiger partial charge on any atom is -0.494 e. The Bertz CT molecular complexity index is 450. The van der Waals surface area contributed by atoms with Crippen molar-refractivity contribution in [2.24, 2.45) is 5.92 Å². The van der Waals surface area contributed by atoms with Gasteiger partial charge in [-0.1, -0.05) is 36.5 Å². The van der Waals surface area contributed by atoms with Crippen LogP contribution in [0, 0.1) is 5.92 Å². The number of hydrogen-bond acceptors (Lipinski definition) is 2. The molecular formula is C18H28Cl3NO. The lowest BCUT2D eigenvalue weighted by molar-refractivity contribution is 0.216. The van der Waals surface area contributed by atoms with Gasteiger partial charge in [0.05, 0.1) is 16.7 Å². The van der Waals surface area contributed by atoms with E-state index in [2.05, 4.69) is 11.8 Å². The Kier molecular flexibility index (Phi) is 10.4. The van der Waals surface area contributed by atoms with Crippen LogP contribution >= 0.6 is 35.6 Å².